The number of ether oxygens (including phenoxy) is 1. The van der Waals surface area contributed by atoms with E-state index in [1.807, 2.05) is 23.0 Å². The number of methoxy groups -OCH3 is 1. The molecule has 1 aromatic carbocycles. The molecule has 0 saturated carbocycles. The van der Waals surface area contributed by atoms with Crippen LogP contribution in [0.15, 0.2) is 30.6 Å². The fourth-order valence-corrected chi connectivity index (χ4v) is 1.78. The monoisotopic (exact) mass is 262 g/mol. The minimum absolute atomic E-state index is 0.164. The fraction of sp³-hybridized carbons (Fsp3) is 0.385. The highest BCUT2D eigenvalue weighted by atomic mass is 16.5. The van der Waals surface area contributed by atoms with Gasteiger partial charge in [-0.1, -0.05) is 11.3 Å². The average Bonchev–Trinajstić information content (AvgIpc) is 2.93. The molecule has 2 aromatic rings. The molecule has 2 rings (SSSR count). The lowest BCUT2D eigenvalue weighted by Gasteiger charge is -2.08. The highest BCUT2D eigenvalue weighted by Crippen LogP contribution is 2.25. The Bertz CT molecular complexity index is 499. The molecule has 0 aliphatic carbocycles. The molecule has 102 valence electrons. The number of rotatable bonds is 7. The van der Waals surface area contributed by atoms with Crippen LogP contribution in [-0.2, 0) is 13.1 Å². The molecule has 0 bridgehead atoms. The van der Waals surface area contributed by atoms with Crippen LogP contribution >= 0.6 is 0 Å². The zero-order chi connectivity index (χ0) is 13.5. The van der Waals surface area contributed by atoms with Gasteiger partial charge in [0.15, 0.2) is 11.5 Å². The van der Waals surface area contributed by atoms with Gasteiger partial charge in [-0.25, -0.2) is 0 Å². The molecule has 1 heterocycles. The van der Waals surface area contributed by atoms with Crippen molar-refractivity contribution in [1.82, 2.24) is 20.3 Å². The number of aryl methyl sites for hydroxylation is 1. The van der Waals surface area contributed by atoms with Gasteiger partial charge in [-0.3, -0.25) is 4.68 Å². The first kappa shape index (κ1) is 13.4. The van der Waals surface area contributed by atoms with E-state index in [4.69, 9.17) is 4.74 Å². The molecule has 0 fully saturated rings. The molecular formula is C13H18N4O2. The van der Waals surface area contributed by atoms with Crippen LogP contribution in [0, 0.1) is 0 Å². The molecule has 0 unspecified atom stereocenters. The van der Waals surface area contributed by atoms with E-state index >= 15 is 0 Å². The summed E-state index contributed by atoms with van der Waals surface area (Å²) in [7, 11) is 1.55. The van der Waals surface area contributed by atoms with Crippen molar-refractivity contribution in [3.63, 3.8) is 0 Å². The summed E-state index contributed by atoms with van der Waals surface area (Å²) < 4.78 is 6.88. The summed E-state index contributed by atoms with van der Waals surface area (Å²) in [6.45, 7) is 2.49. The summed E-state index contributed by atoms with van der Waals surface area (Å²) >= 11 is 0. The van der Waals surface area contributed by atoms with E-state index in [0.717, 1.165) is 31.6 Å². The molecule has 19 heavy (non-hydrogen) atoms. The van der Waals surface area contributed by atoms with Crippen LogP contribution in [0.5, 0.6) is 11.5 Å². The normalized spacial score (nSPS) is 10.6. The third-order valence-electron chi connectivity index (χ3n) is 2.79. The van der Waals surface area contributed by atoms with E-state index < -0.39 is 0 Å². The van der Waals surface area contributed by atoms with E-state index in [-0.39, 0.29) is 5.75 Å². The quantitative estimate of drug-likeness (QED) is 0.733. The second-order valence-corrected chi connectivity index (χ2v) is 4.20. The van der Waals surface area contributed by atoms with Gasteiger partial charge < -0.3 is 15.2 Å². The summed E-state index contributed by atoms with van der Waals surface area (Å²) in [6.07, 6.45) is 4.51. The van der Waals surface area contributed by atoms with E-state index in [9.17, 15) is 5.11 Å². The van der Waals surface area contributed by atoms with Crippen LogP contribution in [0.3, 0.4) is 0 Å². The number of phenols is 1. The smallest absolute Gasteiger partial charge is 0.160 e. The van der Waals surface area contributed by atoms with E-state index in [0.29, 0.717) is 5.75 Å². The number of nitrogens with one attached hydrogen (secondary N) is 1. The van der Waals surface area contributed by atoms with E-state index in [1.165, 1.54) is 0 Å². The van der Waals surface area contributed by atoms with Crippen LogP contribution in [0.2, 0.25) is 0 Å². The highest BCUT2D eigenvalue weighted by Gasteiger charge is 2.02. The Morgan fingerprint density at radius 3 is 3.05 bits per heavy atom. The van der Waals surface area contributed by atoms with Gasteiger partial charge in [0, 0.05) is 19.3 Å². The van der Waals surface area contributed by atoms with Gasteiger partial charge in [-0.15, -0.1) is 5.10 Å². The van der Waals surface area contributed by atoms with Gasteiger partial charge in [0.1, 0.15) is 0 Å². The molecule has 0 aliphatic heterocycles. The maximum atomic E-state index is 9.49. The Morgan fingerprint density at radius 1 is 1.42 bits per heavy atom. The molecule has 2 N–H and O–H groups in total. The molecule has 0 amide bonds. The van der Waals surface area contributed by atoms with Gasteiger partial charge in [-0.2, -0.15) is 0 Å². The van der Waals surface area contributed by atoms with Crippen molar-refractivity contribution < 1.29 is 9.84 Å². The first-order valence-corrected chi connectivity index (χ1v) is 6.20. The topological polar surface area (TPSA) is 72.2 Å². The number of phenolic OH excluding ortho intramolecular Hbond substituents is 1. The Kier molecular flexibility index (Phi) is 4.74. The predicted molar refractivity (Wildman–Crippen MR) is 71.0 cm³/mol. The molecule has 6 nitrogen and oxygen atoms in total. The van der Waals surface area contributed by atoms with Crippen LogP contribution in [0.25, 0.3) is 0 Å². The van der Waals surface area contributed by atoms with Crippen molar-refractivity contribution in [1.29, 1.82) is 0 Å². The molecule has 6 heteroatoms. The summed E-state index contributed by atoms with van der Waals surface area (Å²) in [5, 5.41) is 20.5. The van der Waals surface area contributed by atoms with Crippen molar-refractivity contribution >= 4 is 0 Å². The predicted octanol–water partition coefficient (Wildman–Crippen LogP) is 1.17. The molecular weight excluding hydrogens is 244 g/mol. The van der Waals surface area contributed by atoms with Crippen molar-refractivity contribution in [2.75, 3.05) is 13.7 Å². The second-order valence-electron chi connectivity index (χ2n) is 4.20. The first-order valence-electron chi connectivity index (χ1n) is 6.20. The first-order chi connectivity index (χ1) is 9.29. The largest absolute Gasteiger partial charge is 0.504 e. The molecule has 0 radical (unpaired) electrons. The third-order valence-corrected chi connectivity index (χ3v) is 2.79. The van der Waals surface area contributed by atoms with Gasteiger partial charge in [0.2, 0.25) is 0 Å². The molecule has 0 atom stereocenters. The van der Waals surface area contributed by atoms with Gasteiger partial charge >= 0.3 is 0 Å². The zero-order valence-electron chi connectivity index (χ0n) is 10.9. The fourth-order valence-electron chi connectivity index (χ4n) is 1.78. The zero-order valence-corrected chi connectivity index (χ0v) is 10.9. The van der Waals surface area contributed by atoms with Crippen molar-refractivity contribution in [3.05, 3.63) is 36.2 Å². The number of benzene rings is 1. The van der Waals surface area contributed by atoms with Crippen LogP contribution in [0.1, 0.15) is 12.0 Å². The second kappa shape index (κ2) is 6.75. The third kappa shape index (κ3) is 3.96. The number of hydrogen-bond donors (Lipinski definition) is 2. The molecule has 0 saturated heterocycles. The maximum Gasteiger partial charge on any atom is 0.160 e. The van der Waals surface area contributed by atoms with Gasteiger partial charge in [0.05, 0.1) is 13.3 Å². The minimum atomic E-state index is 0.164. The lowest BCUT2D eigenvalue weighted by Crippen LogP contribution is -2.16. The summed E-state index contributed by atoms with van der Waals surface area (Å²) in [5.41, 5.74) is 1.08. The Labute approximate surface area is 112 Å². The minimum Gasteiger partial charge on any atom is -0.504 e. The average molecular weight is 262 g/mol. The molecule has 1 aromatic heterocycles. The van der Waals surface area contributed by atoms with Crippen molar-refractivity contribution in [3.8, 4) is 11.5 Å². The lowest BCUT2D eigenvalue weighted by atomic mass is 10.2. The van der Waals surface area contributed by atoms with Gasteiger partial charge in [0.25, 0.3) is 0 Å². The number of aromatic hydroxyl groups is 1. The number of nitrogens with zero attached hydrogens (tertiary/aromatic N) is 3. The maximum absolute atomic E-state index is 9.49. The van der Waals surface area contributed by atoms with Crippen molar-refractivity contribution in [2.45, 2.75) is 19.5 Å². The van der Waals surface area contributed by atoms with E-state index in [1.54, 1.807) is 19.4 Å². The summed E-state index contributed by atoms with van der Waals surface area (Å²) in [4.78, 5) is 0. The standard InChI is InChI=1S/C13H18N4O2/c1-19-13-9-11(3-4-12(13)18)10-14-5-2-7-17-8-6-15-16-17/h3-4,6,8-9,14,18H,2,5,7,10H2,1H3. The highest BCUT2D eigenvalue weighted by molar-refractivity contribution is 5.41. The van der Waals surface area contributed by atoms with Crippen LogP contribution in [0.4, 0.5) is 0 Å². The Morgan fingerprint density at radius 2 is 2.32 bits per heavy atom. The summed E-state index contributed by atoms with van der Waals surface area (Å²) in [5.74, 6) is 0.666. The van der Waals surface area contributed by atoms with Crippen molar-refractivity contribution in [2.24, 2.45) is 0 Å². The lowest BCUT2D eigenvalue weighted by molar-refractivity contribution is 0.372. The summed E-state index contributed by atoms with van der Waals surface area (Å²) in [6, 6.07) is 5.35. The molecule has 0 spiro atoms. The van der Waals surface area contributed by atoms with Crippen LogP contribution in [-0.4, -0.2) is 33.8 Å². The van der Waals surface area contributed by atoms with E-state index in [2.05, 4.69) is 15.6 Å². The molecule has 0 aliphatic rings. The van der Waals surface area contributed by atoms with Crippen LogP contribution < -0.4 is 10.1 Å². The Balaban J connectivity index is 1.70. The number of aromatic nitrogens is 3. The number of hydrogen-bond acceptors (Lipinski definition) is 5. The Hall–Kier alpha value is -2.08. The van der Waals surface area contributed by atoms with Gasteiger partial charge in [-0.05, 0) is 30.7 Å². The SMILES string of the molecule is COc1cc(CNCCCn2ccnn2)ccc1O.